The van der Waals surface area contributed by atoms with Gasteiger partial charge in [0.25, 0.3) is 0 Å². The summed E-state index contributed by atoms with van der Waals surface area (Å²) in [5.41, 5.74) is 6.14. The fourth-order valence-electron chi connectivity index (χ4n) is 2.49. The van der Waals surface area contributed by atoms with Crippen LogP contribution >= 0.6 is 11.3 Å². The molecule has 4 nitrogen and oxygen atoms in total. The van der Waals surface area contributed by atoms with Crippen LogP contribution < -0.4 is 0 Å². The van der Waals surface area contributed by atoms with Crippen molar-refractivity contribution in [3.05, 3.63) is 50.7 Å². The molecule has 1 aromatic carbocycles. The van der Waals surface area contributed by atoms with Crippen molar-refractivity contribution >= 4 is 28.5 Å². The molecule has 1 aromatic heterocycles. The van der Waals surface area contributed by atoms with Gasteiger partial charge in [0, 0.05) is 26.6 Å². The Balaban J connectivity index is 2.49. The van der Waals surface area contributed by atoms with Crippen LogP contribution in [-0.4, -0.2) is 28.8 Å². The van der Waals surface area contributed by atoms with E-state index in [0.717, 1.165) is 22.7 Å². The van der Waals surface area contributed by atoms with Gasteiger partial charge in [0.15, 0.2) is 0 Å². The van der Waals surface area contributed by atoms with Crippen molar-refractivity contribution in [2.75, 3.05) is 6.54 Å². The highest BCUT2D eigenvalue weighted by molar-refractivity contribution is 7.12. The molecule has 1 heterocycles. The fraction of sp³-hybridized carbons (Fsp3) is 0.350. The zero-order valence-electron chi connectivity index (χ0n) is 15.7. The molecule has 0 saturated heterocycles. The topological polar surface area (TPSA) is 57.3 Å². The summed E-state index contributed by atoms with van der Waals surface area (Å²) in [4.78, 5) is 7.40. The van der Waals surface area contributed by atoms with E-state index in [2.05, 4.69) is 31.0 Å². The van der Waals surface area contributed by atoms with E-state index in [1.165, 1.54) is 20.9 Å². The van der Waals surface area contributed by atoms with Crippen molar-refractivity contribution in [1.29, 1.82) is 0 Å². The number of nitrogens with zero attached hydrogens (tertiary/aromatic N) is 3. The fourth-order valence-corrected chi connectivity index (χ4v) is 3.55. The van der Waals surface area contributed by atoms with Gasteiger partial charge in [-0.1, -0.05) is 0 Å². The van der Waals surface area contributed by atoms with Gasteiger partial charge >= 0.3 is 0 Å². The molecule has 0 aliphatic carbocycles. The lowest BCUT2D eigenvalue weighted by molar-refractivity contribution is 0.475. The number of aromatic hydroxyl groups is 1. The highest BCUT2D eigenvalue weighted by Gasteiger charge is 2.17. The molecular formula is C20H25N3OS. The molecule has 0 aliphatic heterocycles. The average molecular weight is 356 g/mol. The van der Waals surface area contributed by atoms with Crippen LogP contribution in [0.25, 0.3) is 0 Å². The molecule has 2 rings (SSSR count). The van der Waals surface area contributed by atoms with E-state index in [-0.39, 0.29) is 5.75 Å². The van der Waals surface area contributed by atoms with E-state index in [0.29, 0.717) is 6.54 Å². The van der Waals surface area contributed by atoms with Crippen LogP contribution in [-0.2, 0) is 0 Å². The maximum absolute atomic E-state index is 9.59. The Labute approximate surface area is 153 Å². The van der Waals surface area contributed by atoms with Crippen LogP contribution in [0.4, 0.5) is 0 Å². The number of aliphatic imine (C=N–C) groups is 1. The molecule has 132 valence electrons. The molecule has 0 bridgehead atoms. The van der Waals surface area contributed by atoms with E-state index >= 15 is 0 Å². The molecule has 1 N–H and O–H groups in total. The molecule has 0 unspecified atom stereocenters. The lowest BCUT2D eigenvalue weighted by Crippen LogP contribution is -2.09. The summed E-state index contributed by atoms with van der Waals surface area (Å²) < 4.78 is 0. The summed E-state index contributed by atoms with van der Waals surface area (Å²) in [5, 5.41) is 17.9. The van der Waals surface area contributed by atoms with Gasteiger partial charge in [-0.2, -0.15) is 10.2 Å². The second-order valence-corrected chi connectivity index (χ2v) is 7.74. The normalized spacial score (nSPS) is 12.4. The number of hydrogen-bond donors (Lipinski definition) is 1. The minimum atomic E-state index is 0.253. The Hall–Kier alpha value is -2.27. The van der Waals surface area contributed by atoms with Crippen LogP contribution in [0.1, 0.15) is 47.2 Å². The monoisotopic (exact) mass is 355 g/mol. The highest BCUT2D eigenvalue weighted by atomic mass is 32.1. The van der Waals surface area contributed by atoms with Gasteiger partial charge in [0.2, 0.25) is 0 Å². The van der Waals surface area contributed by atoms with Crippen LogP contribution in [0.2, 0.25) is 0 Å². The first-order chi connectivity index (χ1) is 11.8. The lowest BCUT2D eigenvalue weighted by atomic mass is 9.98. The standard InChI is InChI=1S/C20H25N3OS/c1-12(2)22-23-13(3)11-21-20(17-7-9-18(24)10-8-17)19-14(4)15(5)25-16(19)6/h7-10,24H,11H2,1-6H3/b21-20?,23-13+. The zero-order valence-corrected chi connectivity index (χ0v) is 16.5. The first-order valence-electron chi connectivity index (χ1n) is 8.24. The molecule has 0 saturated carbocycles. The molecule has 2 aromatic rings. The van der Waals surface area contributed by atoms with E-state index in [1.807, 2.05) is 32.9 Å². The summed E-state index contributed by atoms with van der Waals surface area (Å²) in [7, 11) is 0. The van der Waals surface area contributed by atoms with Crippen molar-refractivity contribution in [2.24, 2.45) is 15.2 Å². The van der Waals surface area contributed by atoms with E-state index in [1.54, 1.807) is 23.5 Å². The van der Waals surface area contributed by atoms with Crippen molar-refractivity contribution in [3.8, 4) is 5.75 Å². The van der Waals surface area contributed by atoms with Gasteiger partial charge in [-0.15, -0.1) is 11.3 Å². The van der Waals surface area contributed by atoms with E-state index in [9.17, 15) is 5.11 Å². The molecule has 0 spiro atoms. The van der Waals surface area contributed by atoms with E-state index in [4.69, 9.17) is 4.99 Å². The molecule has 25 heavy (non-hydrogen) atoms. The summed E-state index contributed by atoms with van der Waals surface area (Å²) in [6.07, 6.45) is 0. The Bertz CT molecular complexity index is 839. The summed E-state index contributed by atoms with van der Waals surface area (Å²) in [6.45, 7) is 12.7. The minimum Gasteiger partial charge on any atom is -0.508 e. The Morgan fingerprint density at radius 1 is 0.960 bits per heavy atom. The smallest absolute Gasteiger partial charge is 0.115 e. The molecule has 0 radical (unpaired) electrons. The number of phenols is 1. The van der Waals surface area contributed by atoms with Gasteiger partial charge in [0.05, 0.1) is 18.0 Å². The second kappa shape index (κ2) is 8.21. The average Bonchev–Trinajstić information content (AvgIpc) is 2.81. The van der Waals surface area contributed by atoms with Crippen LogP contribution in [0.15, 0.2) is 39.5 Å². The first-order valence-corrected chi connectivity index (χ1v) is 9.06. The van der Waals surface area contributed by atoms with Crippen LogP contribution in [0.5, 0.6) is 5.75 Å². The van der Waals surface area contributed by atoms with Gasteiger partial charge in [0.1, 0.15) is 5.75 Å². The summed E-state index contributed by atoms with van der Waals surface area (Å²) in [6, 6.07) is 7.20. The molecular weight excluding hydrogens is 330 g/mol. The van der Waals surface area contributed by atoms with Crippen molar-refractivity contribution in [2.45, 2.75) is 41.5 Å². The highest BCUT2D eigenvalue weighted by Crippen LogP contribution is 2.29. The van der Waals surface area contributed by atoms with E-state index < -0.39 is 0 Å². The second-order valence-electron chi connectivity index (χ2n) is 6.31. The quantitative estimate of drug-likeness (QED) is 0.590. The molecule has 0 atom stereocenters. The van der Waals surface area contributed by atoms with Crippen molar-refractivity contribution < 1.29 is 5.11 Å². The largest absolute Gasteiger partial charge is 0.508 e. The Morgan fingerprint density at radius 2 is 1.60 bits per heavy atom. The predicted molar refractivity (Wildman–Crippen MR) is 109 cm³/mol. The maximum Gasteiger partial charge on any atom is 0.115 e. The third kappa shape index (κ3) is 4.86. The minimum absolute atomic E-state index is 0.253. The number of hydrogen-bond acceptors (Lipinski definition) is 5. The maximum atomic E-state index is 9.59. The Kier molecular flexibility index (Phi) is 6.26. The summed E-state index contributed by atoms with van der Waals surface area (Å²) >= 11 is 1.79. The van der Waals surface area contributed by atoms with Crippen LogP contribution in [0, 0.1) is 20.8 Å². The number of aryl methyl sites for hydroxylation is 2. The number of phenolic OH excluding ortho intramolecular Hbond substituents is 1. The van der Waals surface area contributed by atoms with Crippen molar-refractivity contribution in [1.82, 2.24) is 0 Å². The number of rotatable bonds is 5. The third-order valence-electron chi connectivity index (χ3n) is 3.83. The van der Waals surface area contributed by atoms with Crippen molar-refractivity contribution in [3.63, 3.8) is 0 Å². The SMILES string of the molecule is CC(C)=N/N=C(\C)CN=C(c1ccc(O)cc1)c1c(C)sc(C)c1C. The zero-order chi connectivity index (χ0) is 18.6. The number of thiophene rings is 1. The molecule has 0 aliphatic rings. The molecule has 0 amide bonds. The van der Waals surface area contributed by atoms with Gasteiger partial charge in [-0.25, -0.2) is 0 Å². The third-order valence-corrected chi connectivity index (χ3v) is 4.95. The molecule has 0 fully saturated rings. The molecule has 5 heteroatoms. The van der Waals surface area contributed by atoms with Gasteiger partial charge in [-0.05, 0) is 71.4 Å². The van der Waals surface area contributed by atoms with Gasteiger partial charge < -0.3 is 5.11 Å². The lowest BCUT2D eigenvalue weighted by Gasteiger charge is -2.10. The number of benzene rings is 1. The summed E-state index contributed by atoms with van der Waals surface area (Å²) in [5.74, 6) is 0.253. The van der Waals surface area contributed by atoms with Gasteiger partial charge in [-0.3, -0.25) is 4.99 Å². The Morgan fingerprint density at radius 3 is 2.12 bits per heavy atom. The predicted octanol–water partition coefficient (Wildman–Crippen LogP) is 5.07. The van der Waals surface area contributed by atoms with Crippen LogP contribution in [0.3, 0.4) is 0 Å². The first kappa shape index (κ1) is 19.1.